The average Bonchev–Trinajstić information content (AvgIpc) is 3.02. The van der Waals surface area contributed by atoms with E-state index in [9.17, 15) is 0 Å². The van der Waals surface area contributed by atoms with Crippen LogP contribution in [0.4, 0.5) is 0 Å². The molecule has 1 saturated carbocycles. The van der Waals surface area contributed by atoms with E-state index in [0.29, 0.717) is 6.04 Å². The van der Waals surface area contributed by atoms with Crippen LogP contribution >= 0.6 is 12.4 Å². The van der Waals surface area contributed by atoms with Crippen molar-refractivity contribution in [2.75, 3.05) is 13.1 Å². The molecule has 1 heterocycles. The molecular formula is C15H22ClN3. The Morgan fingerprint density at radius 3 is 2.74 bits per heavy atom. The number of benzene rings is 1. The van der Waals surface area contributed by atoms with Crippen LogP contribution in [0.15, 0.2) is 23.2 Å². The zero-order chi connectivity index (χ0) is 12.5. The van der Waals surface area contributed by atoms with Crippen molar-refractivity contribution in [1.82, 2.24) is 10.6 Å². The highest BCUT2D eigenvalue weighted by Crippen LogP contribution is 2.27. The predicted molar refractivity (Wildman–Crippen MR) is 82.4 cm³/mol. The quantitative estimate of drug-likeness (QED) is 0.889. The molecule has 1 aromatic carbocycles. The molecule has 104 valence electrons. The summed E-state index contributed by atoms with van der Waals surface area (Å²) in [6.07, 6.45) is 2.60. The molecule has 1 aliphatic heterocycles. The maximum absolute atomic E-state index is 4.61. The second-order valence-corrected chi connectivity index (χ2v) is 5.36. The molecule has 1 unspecified atom stereocenters. The lowest BCUT2D eigenvalue weighted by molar-refractivity contribution is 0.629. The van der Waals surface area contributed by atoms with Crippen molar-refractivity contribution in [3.05, 3.63) is 34.9 Å². The van der Waals surface area contributed by atoms with Gasteiger partial charge < -0.3 is 10.6 Å². The fourth-order valence-corrected chi connectivity index (χ4v) is 2.50. The van der Waals surface area contributed by atoms with Gasteiger partial charge in [0.15, 0.2) is 0 Å². The minimum Gasteiger partial charge on any atom is -0.370 e. The topological polar surface area (TPSA) is 36.4 Å². The zero-order valence-electron chi connectivity index (χ0n) is 11.6. The third-order valence-electron chi connectivity index (χ3n) is 3.91. The van der Waals surface area contributed by atoms with Gasteiger partial charge in [0.1, 0.15) is 5.84 Å². The van der Waals surface area contributed by atoms with E-state index in [-0.39, 0.29) is 18.4 Å². The van der Waals surface area contributed by atoms with E-state index in [2.05, 4.69) is 47.7 Å². The first-order valence-electron chi connectivity index (χ1n) is 6.86. The van der Waals surface area contributed by atoms with Crippen LogP contribution in [0.3, 0.4) is 0 Å². The van der Waals surface area contributed by atoms with Gasteiger partial charge in [-0.1, -0.05) is 18.2 Å². The number of hydrogen-bond donors (Lipinski definition) is 2. The van der Waals surface area contributed by atoms with Gasteiger partial charge in [-0.05, 0) is 43.4 Å². The van der Waals surface area contributed by atoms with E-state index >= 15 is 0 Å². The van der Waals surface area contributed by atoms with E-state index < -0.39 is 0 Å². The number of aliphatic imine (C=N–C) groups is 1. The maximum Gasteiger partial charge on any atom is 0.118 e. The van der Waals surface area contributed by atoms with Gasteiger partial charge in [-0.15, -0.1) is 12.4 Å². The fourth-order valence-electron chi connectivity index (χ4n) is 2.50. The summed E-state index contributed by atoms with van der Waals surface area (Å²) in [7, 11) is 0. The van der Waals surface area contributed by atoms with Gasteiger partial charge >= 0.3 is 0 Å². The molecule has 0 saturated heterocycles. The highest BCUT2D eigenvalue weighted by molar-refractivity contribution is 5.90. The van der Waals surface area contributed by atoms with Gasteiger partial charge in [0.05, 0.1) is 12.6 Å². The van der Waals surface area contributed by atoms with Gasteiger partial charge in [0, 0.05) is 12.6 Å². The Morgan fingerprint density at radius 2 is 2.11 bits per heavy atom. The maximum atomic E-state index is 4.61. The molecule has 0 aromatic heterocycles. The summed E-state index contributed by atoms with van der Waals surface area (Å²) in [5, 5.41) is 7.15. The Balaban J connectivity index is 0.00000133. The fraction of sp³-hybridized carbons (Fsp3) is 0.533. The summed E-state index contributed by atoms with van der Waals surface area (Å²) >= 11 is 0. The Hall–Kier alpha value is -1.06. The van der Waals surface area contributed by atoms with Crippen LogP contribution in [0.5, 0.6) is 0 Å². The van der Waals surface area contributed by atoms with Gasteiger partial charge in [-0.3, -0.25) is 4.99 Å². The second kappa shape index (κ2) is 5.93. The lowest BCUT2D eigenvalue weighted by Gasteiger charge is -2.22. The van der Waals surface area contributed by atoms with E-state index in [0.717, 1.165) is 18.9 Å². The number of amidine groups is 1. The molecule has 0 radical (unpaired) electrons. The number of halogens is 1. The molecule has 3 nitrogen and oxygen atoms in total. The molecule has 1 fully saturated rings. The predicted octanol–water partition coefficient (Wildman–Crippen LogP) is 2.52. The molecule has 2 aliphatic rings. The third kappa shape index (κ3) is 3.10. The minimum atomic E-state index is 0. The number of nitrogens with zero attached hydrogens (tertiary/aromatic N) is 1. The Bertz CT molecular complexity index is 480. The van der Waals surface area contributed by atoms with E-state index in [1.165, 1.54) is 29.5 Å². The summed E-state index contributed by atoms with van der Waals surface area (Å²) < 4.78 is 0. The largest absolute Gasteiger partial charge is 0.370 e. The number of aryl methyl sites for hydroxylation is 1. The van der Waals surface area contributed by atoms with Crippen molar-refractivity contribution >= 4 is 18.2 Å². The van der Waals surface area contributed by atoms with Gasteiger partial charge in [0.2, 0.25) is 0 Å². The lowest BCUT2D eigenvalue weighted by Crippen LogP contribution is -2.37. The van der Waals surface area contributed by atoms with Gasteiger partial charge in [-0.2, -0.15) is 0 Å². The molecule has 3 rings (SSSR count). The van der Waals surface area contributed by atoms with Crippen molar-refractivity contribution < 1.29 is 0 Å². The first-order valence-corrected chi connectivity index (χ1v) is 6.86. The molecule has 4 heteroatoms. The Kier molecular flexibility index (Phi) is 4.48. The summed E-state index contributed by atoms with van der Waals surface area (Å²) in [6.45, 7) is 6.27. The molecule has 0 spiro atoms. The van der Waals surface area contributed by atoms with Crippen molar-refractivity contribution in [3.63, 3.8) is 0 Å². The summed E-state index contributed by atoms with van der Waals surface area (Å²) in [4.78, 5) is 4.61. The van der Waals surface area contributed by atoms with Crippen LogP contribution in [-0.2, 0) is 0 Å². The number of hydrogen-bond acceptors (Lipinski definition) is 3. The SMILES string of the molecule is Cc1cccc(C(NC2CC2)C2=NCCN2)c1C.Cl. The van der Waals surface area contributed by atoms with Crippen LogP contribution in [-0.4, -0.2) is 25.0 Å². The van der Waals surface area contributed by atoms with Crippen LogP contribution in [0.2, 0.25) is 0 Å². The monoisotopic (exact) mass is 279 g/mol. The molecule has 19 heavy (non-hydrogen) atoms. The van der Waals surface area contributed by atoms with Crippen molar-refractivity contribution in [3.8, 4) is 0 Å². The summed E-state index contributed by atoms with van der Waals surface area (Å²) in [5.74, 6) is 1.12. The van der Waals surface area contributed by atoms with Gasteiger partial charge in [-0.25, -0.2) is 0 Å². The van der Waals surface area contributed by atoms with Crippen molar-refractivity contribution in [2.24, 2.45) is 4.99 Å². The summed E-state index contributed by atoms with van der Waals surface area (Å²) in [6, 6.07) is 7.48. The van der Waals surface area contributed by atoms with Crippen LogP contribution in [0.1, 0.15) is 35.6 Å². The van der Waals surface area contributed by atoms with E-state index in [1.807, 2.05) is 0 Å². The average molecular weight is 280 g/mol. The first-order chi connectivity index (χ1) is 8.75. The van der Waals surface area contributed by atoms with Crippen molar-refractivity contribution in [1.29, 1.82) is 0 Å². The minimum absolute atomic E-state index is 0. The number of rotatable bonds is 4. The van der Waals surface area contributed by atoms with Crippen LogP contribution in [0.25, 0.3) is 0 Å². The first kappa shape index (κ1) is 14.4. The molecule has 0 bridgehead atoms. The number of nitrogens with one attached hydrogen (secondary N) is 2. The second-order valence-electron chi connectivity index (χ2n) is 5.36. The molecule has 2 N–H and O–H groups in total. The third-order valence-corrected chi connectivity index (χ3v) is 3.91. The summed E-state index contributed by atoms with van der Waals surface area (Å²) in [5.41, 5.74) is 4.11. The lowest BCUT2D eigenvalue weighted by atomic mass is 9.96. The highest BCUT2D eigenvalue weighted by atomic mass is 35.5. The van der Waals surface area contributed by atoms with Crippen molar-refractivity contribution in [2.45, 2.75) is 38.8 Å². The molecule has 1 aromatic rings. The molecule has 1 aliphatic carbocycles. The normalized spacial score (nSPS) is 19.4. The molecular weight excluding hydrogens is 258 g/mol. The standard InChI is InChI=1S/C15H21N3.ClH/c1-10-4-3-5-13(11(10)2)14(18-12-6-7-12)15-16-8-9-17-15;/h3-5,12,14,18H,6-9H2,1-2H3,(H,16,17);1H. The smallest absolute Gasteiger partial charge is 0.118 e. The molecule has 1 atom stereocenters. The van der Waals surface area contributed by atoms with Gasteiger partial charge in [0.25, 0.3) is 0 Å². The Labute approximate surface area is 121 Å². The molecule has 0 amide bonds. The zero-order valence-corrected chi connectivity index (χ0v) is 12.4. The highest BCUT2D eigenvalue weighted by Gasteiger charge is 2.29. The van der Waals surface area contributed by atoms with E-state index in [4.69, 9.17) is 0 Å². The van der Waals surface area contributed by atoms with Crippen LogP contribution in [0, 0.1) is 13.8 Å². The van der Waals surface area contributed by atoms with Crippen LogP contribution < -0.4 is 10.6 Å². The van der Waals surface area contributed by atoms with E-state index in [1.54, 1.807) is 0 Å². The Morgan fingerprint density at radius 1 is 1.32 bits per heavy atom.